The summed E-state index contributed by atoms with van der Waals surface area (Å²) in [6, 6.07) is 5.84. The topological polar surface area (TPSA) is 77.3 Å². The Balaban J connectivity index is 1.46. The Morgan fingerprint density at radius 1 is 1.42 bits per heavy atom. The summed E-state index contributed by atoms with van der Waals surface area (Å²) in [5, 5.41) is 6.98. The van der Waals surface area contributed by atoms with Gasteiger partial charge in [0.15, 0.2) is 4.34 Å². The molecule has 136 valence electrons. The predicted octanol–water partition coefficient (Wildman–Crippen LogP) is 4.17. The van der Waals surface area contributed by atoms with E-state index in [1.54, 1.807) is 23.1 Å². The highest BCUT2D eigenvalue weighted by Gasteiger charge is 2.23. The Labute approximate surface area is 159 Å². The van der Waals surface area contributed by atoms with Gasteiger partial charge in [-0.1, -0.05) is 16.9 Å². The predicted molar refractivity (Wildman–Crippen MR) is 103 cm³/mol. The van der Waals surface area contributed by atoms with Crippen LogP contribution in [0.5, 0.6) is 0 Å². The Hall–Kier alpha value is -1.90. The van der Waals surface area contributed by atoms with Crippen LogP contribution in [0.3, 0.4) is 0 Å². The number of carbonyl (C=O) groups excluding carboxylic acids is 1. The highest BCUT2D eigenvalue weighted by molar-refractivity contribution is 8.00. The third-order valence-corrected chi connectivity index (χ3v) is 6.65. The SMILES string of the molecule is Cc1noc(C)c1CSc1nc2ccc(NC(=O)C3CCOC3)cc2s1. The van der Waals surface area contributed by atoms with E-state index in [0.29, 0.717) is 13.2 Å². The van der Waals surface area contributed by atoms with Gasteiger partial charge in [-0.2, -0.15) is 0 Å². The van der Waals surface area contributed by atoms with Crippen LogP contribution in [-0.4, -0.2) is 29.3 Å². The van der Waals surface area contributed by atoms with Crippen LogP contribution in [0.25, 0.3) is 10.2 Å². The monoisotopic (exact) mass is 389 g/mol. The number of rotatable bonds is 5. The molecule has 1 aromatic carbocycles. The maximum atomic E-state index is 12.2. The van der Waals surface area contributed by atoms with Crippen LogP contribution < -0.4 is 5.32 Å². The summed E-state index contributed by atoms with van der Waals surface area (Å²) in [6.07, 6.45) is 0.789. The maximum Gasteiger partial charge on any atom is 0.229 e. The van der Waals surface area contributed by atoms with E-state index in [-0.39, 0.29) is 11.8 Å². The Morgan fingerprint density at radius 2 is 2.31 bits per heavy atom. The first kappa shape index (κ1) is 17.5. The summed E-state index contributed by atoms with van der Waals surface area (Å²) in [5.41, 5.74) is 3.80. The van der Waals surface area contributed by atoms with E-state index in [0.717, 1.165) is 49.4 Å². The largest absolute Gasteiger partial charge is 0.381 e. The molecule has 1 saturated heterocycles. The molecule has 3 heterocycles. The molecule has 0 bridgehead atoms. The molecule has 1 aliphatic rings. The quantitative estimate of drug-likeness (QED) is 0.660. The van der Waals surface area contributed by atoms with Crippen LogP contribution in [0, 0.1) is 19.8 Å². The number of fused-ring (bicyclic) bond motifs is 1. The first-order chi connectivity index (χ1) is 12.6. The number of aromatic nitrogens is 2. The van der Waals surface area contributed by atoms with Crippen molar-refractivity contribution in [2.75, 3.05) is 18.5 Å². The molecule has 0 aliphatic carbocycles. The molecule has 1 aliphatic heterocycles. The van der Waals surface area contributed by atoms with Gasteiger partial charge in [-0.3, -0.25) is 4.79 Å². The highest BCUT2D eigenvalue weighted by Crippen LogP contribution is 2.34. The van der Waals surface area contributed by atoms with Crippen molar-refractivity contribution in [3.63, 3.8) is 0 Å². The third-order valence-electron chi connectivity index (χ3n) is 4.46. The molecular formula is C18H19N3O3S2. The Kier molecular flexibility index (Phi) is 4.97. The van der Waals surface area contributed by atoms with E-state index >= 15 is 0 Å². The number of hydrogen-bond donors (Lipinski definition) is 1. The standard InChI is InChI=1S/C18H19N3O3S2/c1-10-14(11(2)24-21-10)9-25-18-20-15-4-3-13(7-16(15)26-18)19-17(22)12-5-6-23-8-12/h3-4,7,12H,5-6,8-9H2,1-2H3,(H,19,22). The number of thioether (sulfide) groups is 1. The fourth-order valence-corrected chi connectivity index (χ4v) is 5.13. The second-order valence-electron chi connectivity index (χ2n) is 6.30. The van der Waals surface area contributed by atoms with Crippen molar-refractivity contribution in [2.45, 2.75) is 30.4 Å². The highest BCUT2D eigenvalue weighted by atomic mass is 32.2. The number of benzene rings is 1. The number of carbonyl (C=O) groups is 1. The molecule has 3 aromatic rings. The van der Waals surface area contributed by atoms with Gasteiger partial charge in [0.1, 0.15) is 5.76 Å². The molecule has 0 spiro atoms. The number of hydrogen-bond acceptors (Lipinski definition) is 7. The molecule has 1 amide bonds. The molecule has 0 radical (unpaired) electrons. The second kappa shape index (κ2) is 7.38. The lowest BCUT2D eigenvalue weighted by Crippen LogP contribution is -2.22. The molecule has 6 nitrogen and oxygen atoms in total. The van der Waals surface area contributed by atoms with Crippen molar-refractivity contribution in [3.05, 3.63) is 35.2 Å². The van der Waals surface area contributed by atoms with E-state index in [9.17, 15) is 4.79 Å². The number of nitrogens with zero attached hydrogens (tertiary/aromatic N) is 2. The van der Waals surface area contributed by atoms with Crippen LogP contribution in [0.2, 0.25) is 0 Å². The zero-order valence-corrected chi connectivity index (χ0v) is 16.2. The number of anilines is 1. The molecule has 1 fully saturated rings. The molecule has 2 aromatic heterocycles. The van der Waals surface area contributed by atoms with E-state index in [1.165, 1.54) is 0 Å². The average Bonchev–Trinajstić information content (AvgIpc) is 3.34. The molecule has 4 rings (SSSR count). The van der Waals surface area contributed by atoms with E-state index < -0.39 is 0 Å². The van der Waals surface area contributed by atoms with E-state index in [2.05, 4.69) is 15.5 Å². The van der Waals surface area contributed by atoms with Crippen molar-refractivity contribution in [1.82, 2.24) is 10.1 Å². The van der Waals surface area contributed by atoms with Gasteiger partial charge in [-0.05, 0) is 38.5 Å². The first-order valence-electron chi connectivity index (χ1n) is 8.44. The van der Waals surface area contributed by atoms with Crippen LogP contribution in [0.4, 0.5) is 5.69 Å². The molecule has 26 heavy (non-hydrogen) atoms. The lowest BCUT2D eigenvalue weighted by Gasteiger charge is -2.08. The fraction of sp³-hybridized carbons (Fsp3) is 0.389. The molecule has 1 unspecified atom stereocenters. The first-order valence-corrected chi connectivity index (χ1v) is 10.2. The summed E-state index contributed by atoms with van der Waals surface area (Å²) < 4.78 is 12.5. The van der Waals surface area contributed by atoms with Gasteiger partial charge < -0.3 is 14.6 Å². The minimum absolute atomic E-state index is 0.0272. The Morgan fingerprint density at radius 3 is 3.04 bits per heavy atom. The zero-order valence-electron chi connectivity index (χ0n) is 14.6. The third kappa shape index (κ3) is 3.62. The van der Waals surface area contributed by atoms with Crippen molar-refractivity contribution in [3.8, 4) is 0 Å². The normalized spacial score (nSPS) is 17.1. The van der Waals surface area contributed by atoms with Crippen LogP contribution in [0.15, 0.2) is 27.1 Å². The van der Waals surface area contributed by atoms with Crippen molar-refractivity contribution in [2.24, 2.45) is 5.92 Å². The fourth-order valence-electron chi connectivity index (χ4n) is 2.87. The number of nitrogens with one attached hydrogen (secondary N) is 1. The average molecular weight is 390 g/mol. The summed E-state index contributed by atoms with van der Waals surface area (Å²) in [6.45, 7) is 5.06. The summed E-state index contributed by atoms with van der Waals surface area (Å²) in [5.74, 6) is 1.62. The van der Waals surface area contributed by atoms with Crippen LogP contribution in [0.1, 0.15) is 23.4 Å². The number of aryl methyl sites for hydroxylation is 2. The van der Waals surface area contributed by atoms with Gasteiger partial charge in [0, 0.05) is 23.6 Å². The number of amides is 1. The van der Waals surface area contributed by atoms with Gasteiger partial charge in [0.05, 0.1) is 28.4 Å². The molecule has 1 N–H and O–H groups in total. The smallest absolute Gasteiger partial charge is 0.229 e. The van der Waals surface area contributed by atoms with Gasteiger partial charge in [-0.25, -0.2) is 4.98 Å². The van der Waals surface area contributed by atoms with E-state index in [1.807, 2.05) is 32.0 Å². The number of ether oxygens (including phenoxy) is 1. The van der Waals surface area contributed by atoms with Gasteiger partial charge >= 0.3 is 0 Å². The molecule has 1 atom stereocenters. The molecular weight excluding hydrogens is 370 g/mol. The minimum Gasteiger partial charge on any atom is -0.381 e. The van der Waals surface area contributed by atoms with Crippen molar-refractivity contribution < 1.29 is 14.1 Å². The van der Waals surface area contributed by atoms with E-state index in [4.69, 9.17) is 9.26 Å². The summed E-state index contributed by atoms with van der Waals surface area (Å²) in [4.78, 5) is 16.9. The maximum absolute atomic E-state index is 12.2. The Bertz CT molecular complexity index is 925. The summed E-state index contributed by atoms with van der Waals surface area (Å²) in [7, 11) is 0. The summed E-state index contributed by atoms with van der Waals surface area (Å²) >= 11 is 3.31. The van der Waals surface area contributed by atoms with Crippen molar-refractivity contribution >= 4 is 44.9 Å². The second-order valence-corrected chi connectivity index (χ2v) is 8.56. The lowest BCUT2D eigenvalue weighted by atomic mass is 10.1. The van der Waals surface area contributed by atoms with Gasteiger partial charge in [0.25, 0.3) is 0 Å². The molecule has 8 heteroatoms. The van der Waals surface area contributed by atoms with Gasteiger partial charge in [0.2, 0.25) is 5.91 Å². The number of thiazole rings is 1. The minimum atomic E-state index is -0.0478. The van der Waals surface area contributed by atoms with Crippen LogP contribution >= 0.6 is 23.1 Å². The van der Waals surface area contributed by atoms with Gasteiger partial charge in [-0.15, -0.1) is 11.3 Å². The lowest BCUT2D eigenvalue weighted by molar-refractivity contribution is -0.119. The van der Waals surface area contributed by atoms with Crippen molar-refractivity contribution in [1.29, 1.82) is 0 Å². The molecule has 0 saturated carbocycles. The van der Waals surface area contributed by atoms with Crippen LogP contribution in [-0.2, 0) is 15.3 Å². The zero-order chi connectivity index (χ0) is 18.1.